The van der Waals surface area contributed by atoms with Crippen molar-refractivity contribution in [3.05, 3.63) is 71.8 Å². The highest BCUT2D eigenvalue weighted by Crippen LogP contribution is 2.30. The van der Waals surface area contributed by atoms with Crippen LogP contribution in [0.2, 0.25) is 0 Å². The Hall–Kier alpha value is -2.65. The van der Waals surface area contributed by atoms with Crippen molar-refractivity contribution in [3.8, 4) is 0 Å². The van der Waals surface area contributed by atoms with Crippen molar-refractivity contribution in [2.45, 2.75) is 49.0 Å². The predicted octanol–water partition coefficient (Wildman–Crippen LogP) is 3.99. The van der Waals surface area contributed by atoms with E-state index in [4.69, 9.17) is 4.74 Å². The number of carbonyl (C=O) groups is 2. The topological polar surface area (TPSA) is 91.8 Å². The summed E-state index contributed by atoms with van der Waals surface area (Å²) in [4.78, 5) is 30.7. The summed E-state index contributed by atoms with van der Waals surface area (Å²) in [5.41, 5.74) is 1.15. The average molecular weight is 527 g/mol. The summed E-state index contributed by atoms with van der Waals surface area (Å²) in [7, 11) is 0. The van der Waals surface area contributed by atoms with E-state index in [1.54, 1.807) is 0 Å². The van der Waals surface area contributed by atoms with Gasteiger partial charge in [-0.15, -0.1) is 23.5 Å². The van der Waals surface area contributed by atoms with Crippen molar-refractivity contribution in [2.24, 2.45) is 4.99 Å². The average Bonchev–Trinajstić information content (AvgIpc) is 2.92. The van der Waals surface area contributed by atoms with E-state index in [0.717, 1.165) is 22.6 Å². The number of amides is 2. The number of benzene rings is 2. The van der Waals surface area contributed by atoms with E-state index >= 15 is 0 Å². The van der Waals surface area contributed by atoms with Gasteiger partial charge in [0.15, 0.2) is 0 Å². The first kappa shape index (κ1) is 26.4. The molecular formula is C27H34N4O3S2. The maximum atomic E-state index is 13.7. The van der Waals surface area contributed by atoms with Gasteiger partial charge in [0.2, 0.25) is 5.91 Å². The molecule has 2 amide bonds. The van der Waals surface area contributed by atoms with Crippen molar-refractivity contribution < 1.29 is 14.3 Å². The van der Waals surface area contributed by atoms with Crippen molar-refractivity contribution in [3.63, 3.8) is 0 Å². The summed E-state index contributed by atoms with van der Waals surface area (Å²) >= 11 is 3.83. The van der Waals surface area contributed by atoms with Crippen LogP contribution in [0.25, 0.3) is 0 Å². The van der Waals surface area contributed by atoms with Crippen molar-refractivity contribution in [1.82, 2.24) is 16.0 Å². The van der Waals surface area contributed by atoms with Crippen molar-refractivity contribution in [2.75, 3.05) is 24.6 Å². The first-order valence-corrected chi connectivity index (χ1v) is 14.5. The number of thioether (sulfide) groups is 2. The summed E-state index contributed by atoms with van der Waals surface area (Å²) in [6, 6.07) is 19.1. The molecule has 0 bridgehead atoms. The number of hydrogen-bond acceptors (Lipinski definition) is 7. The Morgan fingerprint density at radius 2 is 1.75 bits per heavy atom. The highest BCUT2D eigenvalue weighted by molar-refractivity contribution is 8.17. The van der Waals surface area contributed by atoms with Gasteiger partial charge in [0.25, 0.3) is 0 Å². The minimum Gasteiger partial charge on any atom is -0.445 e. The van der Waals surface area contributed by atoms with Crippen molar-refractivity contribution in [1.29, 1.82) is 0 Å². The molecule has 1 fully saturated rings. The second kappa shape index (κ2) is 13.1. The SMILES string of the molecule is C[C@H](NC(=O)OCc1ccccc1)C1=NCC[C@](Cc2ccccc2)(C(=O)NCC2SCCCS2)N1. The van der Waals surface area contributed by atoms with Crippen LogP contribution in [0, 0.1) is 0 Å². The van der Waals surface area contributed by atoms with Crippen LogP contribution in [0.4, 0.5) is 4.79 Å². The normalized spacial score (nSPS) is 21.0. The Balaban J connectivity index is 1.40. The largest absolute Gasteiger partial charge is 0.445 e. The molecule has 2 heterocycles. The zero-order chi connectivity index (χ0) is 25.2. The van der Waals surface area contributed by atoms with Gasteiger partial charge in [0.05, 0.1) is 10.6 Å². The summed E-state index contributed by atoms with van der Waals surface area (Å²) < 4.78 is 5.76. The Labute approximate surface area is 221 Å². The van der Waals surface area contributed by atoms with Gasteiger partial charge >= 0.3 is 6.09 Å². The monoisotopic (exact) mass is 526 g/mol. The molecule has 1 saturated heterocycles. The fourth-order valence-electron chi connectivity index (χ4n) is 4.30. The number of hydrogen-bond donors (Lipinski definition) is 3. The highest BCUT2D eigenvalue weighted by Gasteiger charge is 2.42. The minimum atomic E-state index is -0.841. The molecule has 36 heavy (non-hydrogen) atoms. The lowest BCUT2D eigenvalue weighted by Gasteiger charge is -2.39. The van der Waals surface area contributed by atoms with Crippen LogP contribution < -0.4 is 16.0 Å². The maximum Gasteiger partial charge on any atom is 0.408 e. The third-order valence-electron chi connectivity index (χ3n) is 6.25. The number of ether oxygens (including phenoxy) is 1. The fourth-order valence-corrected chi connectivity index (χ4v) is 6.99. The molecule has 2 atom stereocenters. The van der Waals surface area contributed by atoms with Gasteiger partial charge in [0.1, 0.15) is 18.0 Å². The van der Waals surface area contributed by atoms with Crippen molar-refractivity contribution >= 4 is 41.4 Å². The lowest BCUT2D eigenvalue weighted by molar-refractivity contribution is -0.127. The van der Waals surface area contributed by atoms with Gasteiger partial charge < -0.3 is 20.7 Å². The number of aliphatic imine (C=N–C) groups is 1. The van der Waals surface area contributed by atoms with E-state index in [1.165, 1.54) is 6.42 Å². The predicted molar refractivity (Wildman–Crippen MR) is 148 cm³/mol. The van der Waals surface area contributed by atoms with E-state index < -0.39 is 17.7 Å². The van der Waals surface area contributed by atoms with E-state index in [-0.39, 0.29) is 12.5 Å². The number of nitrogens with zero attached hydrogens (tertiary/aromatic N) is 1. The molecule has 2 aliphatic rings. The molecular weight excluding hydrogens is 492 g/mol. The van der Waals surface area contributed by atoms with E-state index in [2.05, 4.69) is 20.9 Å². The number of rotatable bonds is 9. The molecule has 2 aliphatic heterocycles. The molecule has 9 heteroatoms. The highest BCUT2D eigenvalue weighted by atomic mass is 32.2. The Morgan fingerprint density at radius 1 is 1.08 bits per heavy atom. The van der Waals surface area contributed by atoms with E-state index in [9.17, 15) is 9.59 Å². The summed E-state index contributed by atoms with van der Waals surface area (Å²) in [5, 5.41) is 9.50. The molecule has 0 spiro atoms. The third-order valence-corrected chi connectivity index (χ3v) is 9.20. The first-order valence-electron chi connectivity index (χ1n) is 12.4. The Kier molecular flexibility index (Phi) is 9.58. The van der Waals surface area contributed by atoms with Crippen LogP contribution in [-0.2, 0) is 22.6 Å². The number of nitrogens with one attached hydrogen (secondary N) is 3. The molecule has 0 aliphatic carbocycles. The second-order valence-corrected chi connectivity index (χ2v) is 12.0. The third kappa shape index (κ3) is 7.43. The molecule has 192 valence electrons. The van der Waals surface area contributed by atoms with Gasteiger partial charge in [-0.1, -0.05) is 60.7 Å². The zero-order valence-electron chi connectivity index (χ0n) is 20.6. The molecule has 0 aromatic heterocycles. The van der Waals surface area contributed by atoms with Crippen LogP contribution in [-0.4, -0.2) is 58.6 Å². The lowest BCUT2D eigenvalue weighted by atomic mass is 9.84. The van der Waals surface area contributed by atoms with Gasteiger partial charge in [-0.2, -0.15) is 0 Å². The zero-order valence-corrected chi connectivity index (χ0v) is 22.2. The molecule has 2 aromatic carbocycles. The van der Waals surface area contributed by atoms with Crippen LogP contribution >= 0.6 is 23.5 Å². The van der Waals surface area contributed by atoms with Crippen LogP contribution in [0.5, 0.6) is 0 Å². The number of alkyl carbamates (subject to hydrolysis) is 1. The first-order chi connectivity index (χ1) is 17.5. The second-order valence-electron chi connectivity index (χ2n) is 9.05. The molecule has 7 nitrogen and oxygen atoms in total. The quantitative estimate of drug-likeness (QED) is 0.458. The Bertz CT molecular complexity index is 1030. The standard InChI is InChI=1S/C27H34N4O3S2/c1-20(30-26(33)34-19-22-11-6-3-7-12-22)24-28-14-13-27(31-24,17-21-9-4-2-5-10-21)25(32)29-18-23-35-15-8-16-36-23/h2-7,9-12,20,23H,8,13-19H2,1H3,(H,28,31)(H,29,32)(H,30,33)/t20-,27-/m0/s1. The summed E-state index contributed by atoms with van der Waals surface area (Å²) in [5.74, 6) is 2.84. The summed E-state index contributed by atoms with van der Waals surface area (Å²) in [6.45, 7) is 3.18. The molecule has 0 saturated carbocycles. The van der Waals surface area contributed by atoms with Crippen LogP contribution in [0.3, 0.4) is 0 Å². The fraction of sp³-hybridized carbons (Fsp3) is 0.444. The van der Waals surface area contributed by atoms with E-state index in [1.807, 2.05) is 91.1 Å². The Morgan fingerprint density at radius 3 is 2.44 bits per heavy atom. The van der Waals surface area contributed by atoms with Gasteiger partial charge in [-0.3, -0.25) is 9.79 Å². The van der Waals surface area contributed by atoms with Gasteiger partial charge in [-0.05, 0) is 42.4 Å². The lowest BCUT2D eigenvalue weighted by Crippen LogP contribution is -2.65. The summed E-state index contributed by atoms with van der Waals surface area (Å²) in [6.07, 6.45) is 1.81. The van der Waals surface area contributed by atoms with Gasteiger partial charge in [0, 0.05) is 19.5 Å². The molecule has 4 rings (SSSR count). The number of carbonyl (C=O) groups excluding carboxylic acids is 2. The molecule has 3 N–H and O–H groups in total. The minimum absolute atomic E-state index is 0.0237. The molecule has 0 unspecified atom stereocenters. The molecule has 0 radical (unpaired) electrons. The molecule has 2 aromatic rings. The van der Waals surface area contributed by atoms with Gasteiger partial charge in [-0.25, -0.2) is 4.79 Å². The number of amidine groups is 1. The maximum absolute atomic E-state index is 13.7. The van der Waals surface area contributed by atoms with Crippen LogP contribution in [0.1, 0.15) is 30.9 Å². The van der Waals surface area contributed by atoms with E-state index in [0.29, 0.717) is 36.3 Å². The van der Waals surface area contributed by atoms with Crippen LogP contribution in [0.15, 0.2) is 65.7 Å². The smallest absolute Gasteiger partial charge is 0.408 e.